The molecule has 0 radical (unpaired) electrons. The molecule has 4 nitrogen and oxygen atoms in total. The molecule has 6 heavy (non-hydrogen) atoms. The van der Waals surface area contributed by atoms with Crippen molar-refractivity contribution in [3.63, 3.8) is 0 Å². The van der Waals surface area contributed by atoms with Crippen molar-refractivity contribution in [2.45, 2.75) is 0 Å². The topological polar surface area (TPSA) is 68.3 Å². The average Bonchev–Trinajstić information content (AvgIpc) is 1.39. The first-order valence-corrected chi connectivity index (χ1v) is 2.73. The maximum atomic E-state index is 8.47. The quantitative estimate of drug-likeness (QED) is 0.456. The fraction of sp³-hybridized carbons (Fsp3) is 0. The molecule has 0 saturated carbocycles. The summed E-state index contributed by atoms with van der Waals surface area (Å²) in [7, 11) is -1.42. The second-order valence-electron chi connectivity index (χ2n) is 0.158. The van der Waals surface area contributed by atoms with E-state index in [9.17, 15) is 0 Å². The Morgan fingerprint density at radius 3 is 1.17 bits per heavy atom. The van der Waals surface area contributed by atoms with Gasteiger partial charge in [0.25, 0.3) is 0 Å². The standard InChI is InChI=1S/HO2P.2O.V/c1-3-2;;;/h3H;;;. The third-order valence-electron chi connectivity index (χ3n) is 0. The molecule has 0 amide bonds. The zero-order valence-electron chi connectivity index (χ0n) is 2.58. The van der Waals surface area contributed by atoms with Crippen molar-refractivity contribution in [2.75, 3.05) is 0 Å². The molecular weight excluding hydrogens is 146 g/mol. The normalized spacial score (nSPS) is 3.33. The number of hydrogen-bond donors (Lipinski definition) is 0. The molecule has 0 aromatic heterocycles. The SMILES string of the molecule is O=[PH]=O.[O]=[V]=[O]. The Kier molecular flexibility index (Phi) is 30.7. The van der Waals surface area contributed by atoms with Crippen LogP contribution in [0.5, 0.6) is 0 Å². The van der Waals surface area contributed by atoms with Gasteiger partial charge in [0.1, 0.15) is 0 Å². The van der Waals surface area contributed by atoms with E-state index < -0.39 is 24.5 Å². The van der Waals surface area contributed by atoms with Gasteiger partial charge < -0.3 is 0 Å². The molecule has 0 spiro atoms. The van der Waals surface area contributed by atoms with Crippen LogP contribution in [0.3, 0.4) is 0 Å². The van der Waals surface area contributed by atoms with Crippen molar-refractivity contribution in [3.05, 3.63) is 0 Å². The molecule has 0 unspecified atom stereocenters. The van der Waals surface area contributed by atoms with E-state index in [-0.39, 0.29) is 0 Å². The van der Waals surface area contributed by atoms with Crippen LogP contribution in [0.2, 0.25) is 0 Å². The zero-order valence-corrected chi connectivity index (χ0v) is 4.98. The van der Waals surface area contributed by atoms with E-state index in [0.29, 0.717) is 0 Å². The minimum atomic E-state index is -1.81. The Morgan fingerprint density at radius 2 is 1.17 bits per heavy atom. The summed E-state index contributed by atoms with van der Waals surface area (Å²) in [4.78, 5) is 0. The van der Waals surface area contributed by atoms with Crippen LogP contribution < -0.4 is 0 Å². The van der Waals surface area contributed by atoms with Crippen LogP contribution in [0, 0.1) is 0 Å². The van der Waals surface area contributed by atoms with Crippen LogP contribution in [0.4, 0.5) is 0 Å². The molecule has 0 N–H and O–H groups in total. The molecule has 0 aliphatic carbocycles. The molecule has 0 atom stereocenters. The van der Waals surface area contributed by atoms with Gasteiger partial charge in [0.2, 0.25) is 0 Å². The van der Waals surface area contributed by atoms with Crippen LogP contribution in [0.15, 0.2) is 0 Å². The van der Waals surface area contributed by atoms with Gasteiger partial charge >= 0.3 is 31.9 Å². The van der Waals surface area contributed by atoms with Crippen LogP contribution in [-0.2, 0) is 32.7 Å². The molecule has 0 aromatic carbocycles. The molecule has 0 heterocycles. The Labute approximate surface area is 41.7 Å². The van der Waals surface area contributed by atoms with E-state index in [4.69, 9.17) is 16.5 Å². The molecule has 0 fully saturated rings. The Morgan fingerprint density at radius 1 is 1.17 bits per heavy atom. The molecule has 0 bridgehead atoms. The third-order valence-corrected chi connectivity index (χ3v) is 0. The summed E-state index contributed by atoms with van der Waals surface area (Å²) < 4.78 is 33.7. The van der Waals surface area contributed by atoms with Crippen LogP contribution >= 0.6 is 8.34 Å². The predicted molar refractivity (Wildman–Crippen MR) is 11.1 cm³/mol. The minimum absolute atomic E-state index is 1.42. The first-order chi connectivity index (χ1) is 2.83. The summed E-state index contributed by atoms with van der Waals surface area (Å²) in [6.45, 7) is 0. The predicted octanol–water partition coefficient (Wildman–Crippen LogP) is 0.116. The van der Waals surface area contributed by atoms with Gasteiger partial charge in [0.15, 0.2) is 0 Å². The molecule has 35 valence electrons. The van der Waals surface area contributed by atoms with E-state index >= 15 is 0 Å². The van der Waals surface area contributed by atoms with Gasteiger partial charge in [0, 0.05) is 0 Å². The second-order valence-corrected chi connectivity index (χ2v) is 0.557. The van der Waals surface area contributed by atoms with E-state index in [0.717, 1.165) is 0 Å². The number of hydrogen-bond acceptors (Lipinski definition) is 4. The van der Waals surface area contributed by atoms with E-state index in [2.05, 4.69) is 0 Å². The molecular formula is HO4PV. The third kappa shape index (κ3) is 5450. The van der Waals surface area contributed by atoms with Crippen molar-refractivity contribution in [3.8, 4) is 0 Å². The zero-order chi connectivity index (χ0) is 5.41. The van der Waals surface area contributed by atoms with Gasteiger partial charge in [-0.05, 0) is 0 Å². The van der Waals surface area contributed by atoms with Gasteiger partial charge in [-0.15, -0.1) is 0 Å². The summed E-state index contributed by atoms with van der Waals surface area (Å²) in [6, 6.07) is 0. The summed E-state index contributed by atoms with van der Waals surface area (Å²) in [5.41, 5.74) is 0. The van der Waals surface area contributed by atoms with Crippen molar-refractivity contribution in [1.29, 1.82) is 0 Å². The molecule has 6 heteroatoms. The fourth-order valence-corrected chi connectivity index (χ4v) is 0. The van der Waals surface area contributed by atoms with Gasteiger partial charge in [0.05, 0.1) is 0 Å². The Balaban J connectivity index is 0. The average molecular weight is 147 g/mol. The summed E-state index contributed by atoms with van der Waals surface area (Å²) in [5, 5.41) is 0. The van der Waals surface area contributed by atoms with E-state index in [1.54, 1.807) is 0 Å². The van der Waals surface area contributed by atoms with Gasteiger partial charge in [-0.25, -0.2) is 9.13 Å². The first kappa shape index (κ1) is 9.43. The van der Waals surface area contributed by atoms with Crippen molar-refractivity contribution in [1.82, 2.24) is 0 Å². The summed E-state index contributed by atoms with van der Waals surface area (Å²) in [5.74, 6) is 0. The maximum absolute atomic E-state index is 8.47. The van der Waals surface area contributed by atoms with Crippen molar-refractivity contribution < 1.29 is 32.7 Å². The Hall–Kier alpha value is 0.0844. The van der Waals surface area contributed by atoms with E-state index in [1.807, 2.05) is 0 Å². The molecule has 0 aliphatic heterocycles. The van der Waals surface area contributed by atoms with Crippen molar-refractivity contribution >= 4 is 8.34 Å². The van der Waals surface area contributed by atoms with Crippen LogP contribution in [-0.4, -0.2) is 0 Å². The Bertz CT molecular complexity index is 61.5. The molecule has 0 aromatic rings. The first-order valence-electron chi connectivity index (χ1n) is 0.773. The number of rotatable bonds is 0. The van der Waals surface area contributed by atoms with Gasteiger partial charge in [-0.2, -0.15) is 0 Å². The van der Waals surface area contributed by atoms with Crippen molar-refractivity contribution in [2.24, 2.45) is 0 Å². The molecule has 0 saturated heterocycles. The fourth-order valence-electron chi connectivity index (χ4n) is 0. The monoisotopic (exact) mass is 147 g/mol. The molecule has 0 rings (SSSR count). The van der Waals surface area contributed by atoms with Gasteiger partial charge in [-0.3, -0.25) is 0 Å². The summed E-state index contributed by atoms with van der Waals surface area (Å²) >= 11 is -1.81. The van der Waals surface area contributed by atoms with Crippen LogP contribution in [0.25, 0.3) is 0 Å². The summed E-state index contributed by atoms with van der Waals surface area (Å²) in [6.07, 6.45) is 0. The van der Waals surface area contributed by atoms with Crippen LogP contribution in [0.1, 0.15) is 0 Å². The van der Waals surface area contributed by atoms with E-state index in [1.165, 1.54) is 0 Å². The second kappa shape index (κ2) is 19.5. The van der Waals surface area contributed by atoms with Gasteiger partial charge in [-0.1, -0.05) is 0 Å². The molecule has 0 aliphatic rings.